The first kappa shape index (κ1) is 21.4. The van der Waals surface area contributed by atoms with Crippen LogP contribution < -0.4 is 10.2 Å². The number of amides is 2. The molecule has 0 bridgehead atoms. The van der Waals surface area contributed by atoms with Gasteiger partial charge in [0.2, 0.25) is 5.91 Å². The molecule has 1 saturated carbocycles. The Bertz CT molecular complexity index is 845. The van der Waals surface area contributed by atoms with Gasteiger partial charge in [0.1, 0.15) is 0 Å². The van der Waals surface area contributed by atoms with Gasteiger partial charge in [0, 0.05) is 21.5 Å². The average Bonchev–Trinajstić information content (AvgIpc) is 3.11. The van der Waals surface area contributed by atoms with Crippen molar-refractivity contribution in [3.05, 3.63) is 52.2 Å². The Morgan fingerprint density at radius 1 is 1.07 bits per heavy atom. The summed E-state index contributed by atoms with van der Waals surface area (Å²) in [5.74, 6) is -2.64. The first-order valence-electron chi connectivity index (χ1n) is 9.59. The quantitative estimate of drug-likeness (QED) is 0.722. The van der Waals surface area contributed by atoms with Crippen LogP contribution in [-0.2, 0) is 9.59 Å². The highest BCUT2D eigenvalue weighted by molar-refractivity contribution is 7.12. The van der Waals surface area contributed by atoms with Gasteiger partial charge in [-0.05, 0) is 44.0 Å². The summed E-state index contributed by atoms with van der Waals surface area (Å²) in [6.07, 6.45) is -0.496. The number of carbonyl (C=O) groups excluding carboxylic acids is 2. The first-order chi connectivity index (χ1) is 13.8. The molecule has 0 spiro atoms. The highest BCUT2D eigenvalue weighted by Crippen LogP contribution is 2.35. The first-order valence-corrected chi connectivity index (χ1v) is 10.4. The van der Waals surface area contributed by atoms with Crippen molar-refractivity contribution in [1.29, 1.82) is 0 Å². The van der Waals surface area contributed by atoms with Crippen LogP contribution in [0.15, 0.2) is 42.5 Å². The maximum atomic E-state index is 13.5. The number of anilines is 1. The van der Waals surface area contributed by atoms with E-state index in [-0.39, 0.29) is 11.7 Å². The number of rotatable bonds is 5. The van der Waals surface area contributed by atoms with Crippen molar-refractivity contribution in [2.45, 2.75) is 57.3 Å². The van der Waals surface area contributed by atoms with E-state index in [4.69, 9.17) is 0 Å². The molecule has 2 amide bonds. The van der Waals surface area contributed by atoms with Gasteiger partial charge in [0.05, 0.1) is 0 Å². The summed E-state index contributed by atoms with van der Waals surface area (Å²) >= 11 is 1.22. The topological polar surface area (TPSA) is 49.4 Å². The van der Waals surface area contributed by atoms with Crippen LogP contribution in [0.3, 0.4) is 0 Å². The summed E-state index contributed by atoms with van der Waals surface area (Å²) in [6, 6.07) is 9.43. The van der Waals surface area contributed by atoms with E-state index in [1.165, 1.54) is 23.5 Å². The van der Waals surface area contributed by atoms with Crippen molar-refractivity contribution >= 4 is 28.8 Å². The largest absolute Gasteiger partial charge is 0.471 e. The summed E-state index contributed by atoms with van der Waals surface area (Å²) in [7, 11) is 0. The molecule has 0 radical (unpaired) electrons. The van der Waals surface area contributed by atoms with E-state index in [1.807, 2.05) is 6.92 Å². The minimum absolute atomic E-state index is 0.0321. The highest BCUT2D eigenvalue weighted by atomic mass is 32.1. The van der Waals surface area contributed by atoms with Crippen LogP contribution in [0.2, 0.25) is 0 Å². The molecule has 1 fully saturated rings. The molecule has 1 aliphatic rings. The predicted octanol–water partition coefficient (Wildman–Crippen LogP) is 5.14. The maximum absolute atomic E-state index is 13.5. The number of halogens is 3. The standard InChI is InChI=1S/C21H23F3N2O2S/c1-14-12-13-17(29-14)18(19(27)25-15-8-4-2-5-9-15)26(20(28)21(22,23)24)16-10-6-3-7-11-16/h3,6-7,10-13,15,18H,2,4-5,8-9H2,1H3,(H,25,27)/t18-/m1/s1. The number of hydrogen-bond acceptors (Lipinski definition) is 3. The number of thiophene rings is 1. The van der Waals surface area contributed by atoms with Crippen molar-refractivity contribution in [1.82, 2.24) is 5.32 Å². The van der Waals surface area contributed by atoms with Gasteiger partial charge in [-0.2, -0.15) is 13.2 Å². The molecule has 0 unspecified atom stereocenters. The number of nitrogens with one attached hydrogen (secondary N) is 1. The van der Waals surface area contributed by atoms with Crippen LogP contribution in [0.1, 0.15) is 47.9 Å². The van der Waals surface area contributed by atoms with Gasteiger partial charge in [-0.3, -0.25) is 14.5 Å². The average molecular weight is 424 g/mol. The Hall–Kier alpha value is -2.35. The molecule has 1 aromatic heterocycles. The number of benzene rings is 1. The number of alkyl halides is 3. The lowest BCUT2D eigenvalue weighted by Gasteiger charge is -2.33. The van der Waals surface area contributed by atoms with Crippen molar-refractivity contribution in [3.63, 3.8) is 0 Å². The number of nitrogens with zero attached hydrogens (tertiary/aromatic N) is 1. The molecule has 1 atom stereocenters. The summed E-state index contributed by atoms with van der Waals surface area (Å²) in [6.45, 7) is 1.81. The summed E-state index contributed by atoms with van der Waals surface area (Å²) in [5.41, 5.74) is 0.0321. The van der Waals surface area contributed by atoms with Gasteiger partial charge in [0.15, 0.2) is 6.04 Å². The smallest absolute Gasteiger partial charge is 0.351 e. The lowest BCUT2D eigenvalue weighted by molar-refractivity contribution is -0.171. The molecular weight excluding hydrogens is 401 g/mol. The summed E-state index contributed by atoms with van der Waals surface area (Å²) in [4.78, 5) is 27.4. The fraction of sp³-hybridized carbons (Fsp3) is 0.429. The molecule has 1 N–H and O–H groups in total. The van der Waals surface area contributed by atoms with Crippen LogP contribution in [0, 0.1) is 6.92 Å². The van der Waals surface area contributed by atoms with E-state index in [0.29, 0.717) is 9.78 Å². The third-order valence-electron chi connectivity index (χ3n) is 4.98. The van der Waals surface area contributed by atoms with Crippen molar-refractivity contribution < 1.29 is 22.8 Å². The number of aryl methyl sites for hydroxylation is 1. The molecule has 0 aliphatic heterocycles. The van der Waals surface area contributed by atoms with Crippen LogP contribution in [0.25, 0.3) is 0 Å². The van der Waals surface area contributed by atoms with Crippen LogP contribution >= 0.6 is 11.3 Å². The Kier molecular flexibility index (Phi) is 6.62. The van der Waals surface area contributed by atoms with Gasteiger partial charge in [-0.1, -0.05) is 37.5 Å². The van der Waals surface area contributed by atoms with Crippen LogP contribution in [0.4, 0.5) is 18.9 Å². The molecule has 1 aromatic carbocycles. The van der Waals surface area contributed by atoms with E-state index in [0.717, 1.165) is 37.0 Å². The fourth-order valence-electron chi connectivity index (χ4n) is 3.61. The third kappa shape index (κ3) is 5.18. The second-order valence-electron chi connectivity index (χ2n) is 7.20. The number of carbonyl (C=O) groups is 2. The van der Waals surface area contributed by atoms with Crippen molar-refractivity contribution in [2.75, 3.05) is 4.90 Å². The number of hydrogen-bond donors (Lipinski definition) is 1. The van der Waals surface area contributed by atoms with Crippen LogP contribution in [-0.4, -0.2) is 24.0 Å². The SMILES string of the molecule is Cc1ccc([C@H](C(=O)NC2CCCCC2)N(C(=O)C(F)(F)F)c2ccccc2)s1. The molecule has 29 heavy (non-hydrogen) atoms. The molecular formula is C21H23F3N2O2S. The second-order valence-corrected chi connectivity index (χ2v) is 8.52. The predicted molar refractivity (Wildman–Crippen MR) is 107 cm³/mol. The second kappa shape index (κ2) is 8.98. The monoisotopic (exact) mass is 424 g/mol. The summed E-state index contributed by atoms with van der Waals surface area (Å²) in [5, 5.41) is 2.89. The third-order valence-corrected chi connectivity index (χ3v) is 6.04. The number of para-hydroxylation sites is 1. The minimum Gasteiger partial charge on any atom is -0.351 e. The molecule has 156 valence electrons. The lowest BCUT2D eigenvalue weighted by Crippen LogP contribution is -2.50. The Balaban J connectivity index is 2.02. The van der Waals surface area contributed by atoms with Gasteiger partial charge < -0.3 is 5.32 Å². The Morgan fingerprint density at radius 3 is 2.28 bits per heavy atom. The summed E-state index contributed by atoms with van der Waals surface area (Å²) < 4.78 is 40.4. The zero-order valence-electron chi connectivity index (χ0n) is 16.0. The molecule has 1 heterocycles. The van der Waals surface area contributed by atoms with E-state index < -0.39 is 24.0 Å². The van der Waals surface area contributed by atoms with Gasteiger partial charge in [0.25, 0.3) is 0 Å². The Morgan fingerprint density at radius 2 is 1.72 bits per heavy atom. The normalized spacial score (nSPS) is 16.3. The van der Waals surface area contributed by atoms with E-state index >= 15 is 0 Å². The molecule has 4 nitrogen and oxygen atoms in total. The van der Waals surface area contributed by atoms with E-state index in [1.54, 1.807) is 30.3 Å². The van der Waals surface area contributed by atoms with E-state index in [9.17, 15) is 22.8 Å². The minimum atomic E-state index is -5.11. The molecule has 0 saturated heterocycles. The van der Waals surface area contributed by atoms with Crippen molar-refractivity contribution in [2.24, 2.45) is 0 Å². The lowest BCUT2D eigenvalue weighted by atomic mass is 9.95. The zero-order valence-corrected chi connectivity index (χ0v) is 16.9. The van der Waals surface area contributed by atoms with Crippen LogP contribution in [0.5, 0.6) is 0 Å². The van der Waals surface area contributed by atoms with Gasteiger partial charge in [-0.25, -0.2) is 0 Å². The van der Waals surface area contributed by atoms with E-state index in [2.05, 4.69) is 5.32 Å². The molecule has 1 aliphatic carbocycles. The zero-order chi connectivity index (χ0) is 21.0. The molecule has 3 rings (SSSR count). The fourth-order valence-corrected chi connectivity index (χ4v) is 4.58. The van der Waals surface area contributed by atoms with Gasteiger partial charge in [-0.15, -0.1) is 11.3 Å². The van der Waals surface area contributed by atoms with Gasteiger partial charge >= 0.3 is 12.1 Å². The van der Waals surface area contributed by atoms with Crippen molar-refractivity contribution in [3.8, 4) is 0 Å². The maximum Gasteiger partial charge on any atom is 0.471 e. The highest BCUT2D eigenvalue weighted by Gasteiger charge is 2.47. The molecule has 2 aromatic rings. The Labute approximate surface area is 171 Å². The molecule has 8 heteroatoms.